The normalized spacial score (nSPS) is 29.8. The van der Waals surface area contributed by atoms with Gasteiger partial charge in [-0.1, -0.05) is 44.3 Å². The van der Waals surface area contributed by atoms with Crippen LogP contribution in [0.2, 0.25) is 0 Å². The first-order chi connectivity index (χ1) is 8.68. The minimum atomic E-state index is 0.193. The van der Waals surface area contributed by atoms with Gasteiger partial charge < -0.3 is 11.1 Å². The molecule has 0 heterocycles. The van der Waals surface area contributed by atoms with Crippen molar-refractivity contribution < 1.29 is 4.79 Å². The molecule has 2 fully saturated rings. The minimum absolute atomic E-state index is 0.193. The Hall–Kier alpha value is -0.640. The second-order valence-corrected chi connectivity index (χ2v) is 6.21. The van der Waals surface area contributed by atoms with E-state index >= 15 is 0 Å². The second-order valence-electron chi connectivity index (χ2n) is 5.74. The van der Waals surface area contributed by atoms with Gasteiger partial charge in [-0.3, -0.25) is 4.79 Å². The number of rotatable bonds is 3. The van der Waals surface area contributed by atoms with Gasteiger partial charge in [-0.05, 0) is 25.7 Å². The molecule has 3 N–H and O–H groups in total. The third kappa shape index (κ3) is 3.44. The Balaban J connectivity index is 1.87. The van der Waals surface area contributed by atoms with E-state index in [-0.39, 0.29) is 23.8 Å². The van der Waals surface area contributed by atoms with E-state index < -0.39 is 0 Å². The van der Waals surface area contributed by atoms with Gasteiger partial charge in [0.05, 0.1) is 4.99 Å². The maximum Gasteiger partial charge on any atom is 0.223 e. The molecule has 0 aromatic carbocycles. The van der Waals surface area contributed by atoms with Crippen molar-refractivity contribution in [2.45, 2.75) is 63.8 Å². The Kier molecular flexibility index (Phi) is 4.98. The lowest BCUT2D eigenvalue weighted by Gasteiger charge is -2.23. The summed E-state index contributed by atoms with van der Waals surface area (Å²) in [6.07, 6.45) is 10.2. The first-order valence-electron chi connectivity index (χ1n) is 7.28. The zero-order valence-corrected chi connectivity index (χ0v) is 11.8. The van der Waals surface area contributed by atoms with E-state index in [0.29, 0.717) is 4.99 Å². The molecule has 0 spiro atoms. The zero-order valence-electron chi connectivity index (χ0n) is 11.0. The van der Waals surface area contributed by atoms with E-state index in [2.05, 4.69) is 5.32 Å². The Bertz CT molecular complexity index is 311. The number of carbonyl (C=O) groups excluding carboxylic acids is 1. The molecule has 0 aliphatic heterocycles. The first kappa shape index (κ1) is 13.8. The fourth-order valence-electron chi connectivity index (χ4n) is 3.32. The standard InChI is InChI=1S/C14H24N2OS/c15-13(18)11-8-5-9-12(11)16-14(17)10-6-3-1-2-4-7-10/h10-12H,1-9H2,(H2,15,18)(H,16,17). The minimum Gasteiger partial charge on any atom is -0.393 e. The van der Waals surface area contributed by atoms with Gasteiger partial charge in [0, 0.05) is 17.9 Å². The van der Waals surface area contributed by atoms with E-state index in [4.69, 9.17) is 18.0 Å². The van der Waals surface area contributed by atoms with Crippen molar-refractivity contribution in [3.8, 4) is 0 Å². The Morgan fingerprint density at radius 1 is 1.00 bits per heavy atom. The fourth-order valence-corrected chi connectivity index (χ4v) is 3.60. The molecule has 0 saturated heterocycles. The molecule has 3 nitrogen and oxygen atoms in total. The average Bonchev–Trinajstić information content (AvgIpc) is 2.63. The molecule has 2 unspecified atom stereocenters. The van der Waals surface area contributed by atoms with E-state index in [1.807, 2.05) is 0 Å². The van der Waals surface area contributed by atoms with Gasteiger partial charge in [-0.2, -0.15) is 0 Å². The highest BCUT2D eigenvalue weighted by atomic mass is 32.1. The lowest BCUT2D eigenvalue weighted by Crippen LogP contribution is -2.44. The molecule has 0 bridgehead atoms. The zero-order chi connectivity index (χ0) is 13.0. The van der Waals surface area contributed by atoms with Crippen LogP contribution >= 0.6 is 12.2 Å². The highest BCUT2D eigenvalue weighted by Crippen LogP contribution is 2.28. The maximum atomic E-state index is 12.3. The number of hydrogen-bond donors (Lipinski definition) is 2. The van der Waals surface area contributed by atoms with Crippen LogP contribution in [0, 0.1) is 11.8 Å². The van der Waals surface area contributed by atoms with Crippen LogP contribution in [0.4, 0.5) is 0 Å². The van der Waals surface area contributed by atoms with Crippen molar-refractivity contribution in [3.63, 3.8) is 0 Å². The molecular formula is C14H24N2OS. The van der Waals surface area contributed by atoms with Crippen LogP contribution in [0.1, 0.15) is 57.8 Å². The van der Waals surface area contributed by atoms with E-state index in [1.165, 1.54) is 25.7 Å². The third-order valence-corrected chi connectivity index (χ3v) is 4.74. The molecule has 0 aromatic heterocycles. The summed E-state index contributed by atoms with van der Waals surface area (Å²) < 4.78 is 0. The largest absolute Gasteiger partial charge is 0.393 e. The van der Waals surface area contributed by atoms with Crippen LogP contribution in [0.25, 0.3) is 0 Å². The number of carbonyl (C=O) groups is 1. The van der Waals surface area contributed by atoms with Crippen LogP contribution in [0.5, 0.6) is 0 Å². The molecule has 0 aromatic rings. The van der Waals surface area contributed by atoms with Crippen molar-refractivity contribution in [2.24, 2.45) is 17.6 Å². The quantitative estimate of drug-likeness (QED) is 0.611. The number of nitrogens with one attached hydrogen (secondary N) is 1. The highest BCUT2D eigenvalue weighted by molar-refractivity contribution is 7.80. The molecule has 18 heavy (non-hydrogen) atoms. The summed E-state index contributed by atoms with van der Waals surface area (Å²) in [6, 6.07) is 0.193. The molecule has 2 aliphatic carbocycles. The Morgan fingerprint density at radius 3 is 2.28 bits per heavy atom. The lowest BCUT2D eigenvalue weighted by atomic mass is 9.97. The smallest absolute Gasteiger partial charge is 0.223 e. The molecule has 2 aliphatic rings. The van der Waals surface area contributed by atoms with E-state index in [9.17, 15) is 4.79 Å². The molecule has 1 amide bonds. The van der Waals surface area contributed by atoms with E-state index in [1.54, 1.807) is 0 Å². The maximum absolute atomic E-state index is 12.3. The fraction of sp³-hybridized carbons (Fsp3) is 0.857. The predicted octanol–water partition coefficient (Wildman–Crippen LogP) is 2.53. The first-order valence-corrected chi connectivity index (χ1v) is 7.69. The summed E-state index contributed by atoms with van der Waals surface area (Å²) in [4.78, 5) is 12.8. The van der Waals surface area contributed by atoms with Crippen molar-refractivity contribution in [1.29, 1.82) is 0 Å². The summed E-state index contributed by atoms with van der Waals surface area (Å²) in [6.45, 7) is 0. The van der Waals surface area contributed by atoms with Crippen molar-refractivity contribution in [3.05, 3.63) is 0 Å². The lowest BCUT2D eigenvalue weighted by molar-refractivity contribution is -0.126. The third-order valence-electron chi connectivity index (χ3n) is 4.44. The number of amides is 1. The molecule has 102 valence electrons. The van der Waals surface area contributed by atoms with Gasteiger partial charge >= 0.3 is 0 Å². The predicted molar refractivity (Wildman–Crippen MR) is 77.2 cm³/mol. The molecular weight excluding hydrogens is 244 g/mol. The molecule has 2 saturated carbocycles. The summed E-state index contributed by atoms with van der Waals surface area (Å²) in [5.41, 5.74) is 5.75. The van der Waals surface area contributed by atoms with Gasteiger partial charge in [-0.25, -0.2) is 0 Å². The summed E-state index contributed by atoms with van der Waals surface area (Å²) in [5, 5.41) is 3.20. The Labute approximate surface area is 115 Å². The van der Waals surface area contributed by atoms with Crippen LogP contribution in [0.15, 0.2) is 0 Å². The highest BCUT2D eigenvalue weighted by Gasteiger charge is 2.32. The molecule has 0 radical (unpaired) electrons. The van der Waals surface area contributed by atoms with Crippen LogP contribution in [0.3, 0.4) is 0 Å². The molecule has 4 heteroatoms. The number of thiocarbonyl (C=S) groups is 1. The monoisotopic (exact) mass is 268 g/mol. The number of nitrogens with two attached hydrogens (primary N) is 1. The second kappa shape index (κ2) is 6.50. The Morgan fingerprint density at radius 2 is 1.67 bits per heavy atom. The SMILES string of the molecule is NC(=S)C1CCCC1NC(=O)C1CCCCCC1. The van der Waals surface area contributed by atoms with Crippen molar-refractivity contribution >= 4 is 23.1 Å². The summed E-state index contributed by atoms with van der Waals surface area (Å²) in [7, 11) is 0. The van der Waals surface area contributed by atoms with Gasteiger partial charge in [0.2, 0.25) is 5.91 Å². The summed E-state index contributed by atoms with van der Waals surface area (Å²) in [5.74, 6) is 0.680. The van der Waals surface area contributed by atoms with Crippen molar-refractivity contribution in [2.75, 3.05) is 0 Å². The van der Waals surface area contributed by atoms with Crippen LogP contribution in [-0.2, 0) is 4.79 Å². The van der Waals surface area contributed by atoms with E-state index in [0.717, 1.165) is 32.1 Å². The number of hydrogen-bond acceptors (Lipinski definition) is 2. The van der Waals surface area contributed by atoms with Crippen LogP contribution < -0.4 is 11.1 Å². The van der Waals surface area contributed by atoms with Gasteiger partial charge in [0.25, 0.3) is 0 Å². The van der Waals surface area contributed by atoms with Gasteiger partial charge in [0.1, 0.15) is 0 Å². The van der Waals surface area contributed by atoms with Crippen LogP contribution in [-0.4, -0.2) is 16.9 Å². The average molecular weight is 268 g/mol. The topological polar surface area (TPSA) is 55.1 Å². The molecule has 2 atom stereocenters. The summed E-state index contributed by atoms with van der Waals surface area (Å²) >= 11 is 5.09. The van der Waals surface area contributed by atoms with Gasteiger partial charge in [0.15, 0.2) is 0 Å². The molecule has 2 rings (SSSR count). The van der Waals surface area contributed by atoms with Crippen molar-refractivity contribution in [1.82, 2.24) is 5.32 Å². The van der Waals surface area contributed by atoms with Gasteiger partial charge in [-0.15, -0.1) is 0 Å².